The SMILES string of the molecule is Nc1nc2c(c(=O)o1)C(=O)CC=C2. The highest BCUT2D eigenvalue weighted by molar-refractivity contribution is 6.01. The van der Waals surface area contributed by atoms with Gasteiger partial charge in [0.15, 0.2) is 5.78 Å². The van der Waals surface area contributed by atoms with Crippen molar-refractivity contribution in [2.24, 2.45) is 0 Å². The van der Waals surface area contributed by atoms with Gasteiger partial charge >= 0.3 is 5.63 Å². The third kappa shape index (κ3) is 1.14. The number of ketones is 1. The minimum absolute atomic E-state index is 0.00306. The second kappa shape index (κ2) is 2.55. The number of aromatic nitrogens is 1. The van der Waals surface area contributed by atoms with E-state index in [-0.39, 0.29) is 23.8 Å². The number of allylic oxidation sites excluding steroid dienone is 1. The van der Waals surface area contributed by atoms with Crippen molar-refractivity contribution in [1.82, 2.24) is 4.98 Å². The molecule has 0 radical (unpaired) electrons. The van der Waals surface area contributed by atoms with E-state index in [0.717, 1.165) is 0 Å². The summed E-state index contributed by atoms with van der Waals surface area (Å²) in [6.45, 7) is 0. The fraction of sp³-hybridized carbons (Fsp3) is 0.125. The van der Waals surface area contributed by atoms with E-state index in [9.17, 15) is 9.59 Å². The van der Waals surface area contributed by atoms with Gasteiger partial charge in [-0.2, -0.15) is 4.98 Å². The zero-order valence-electron chi connectivity index (χ0n) is 6.61. The summed E-state index contributed by atoms with van der Waals surface area (Å²) in [6.07, 6.45) is 3.43. The van der Waals surface area contributed by atoms with Crippen LogP contribution in [-0.4, -0.2) is 10.8 Å². The summed E-state index contributed by atoms with van der Waals surface area (Å²) >= 11 is 0. The van der Waals surface area contributed by atoms with Gasteiger partial charge in [0.2, 0.25) is 0 Å². The molecule has 1 aliphatic carbocycles. The van der Waals surface area contributed by atoms with E-state index in [1.807, 2.05) is 0 Å². The van der Waals surface area contributed by atoms with Crippen LogP contribution in [0, 0.1) is 0 Å². The summed E-state index contributed by atoms with van der Waals surface area (Å²) in [5, 5.41) is 0. The monoisotopic (exact) mass is 178 g/mol. The van der Waals surface area contributed by atoms with Crippen LogP contribution in [0.2, 0.25) is 0 Å². The van der Waals surface area contributed by atoms with Gasteiger partial charge in [0.1, 0.15) is 5.56 Å². The Balaban J connectivity index is 2.79. The van der Waals surface area contributed by atoms with Crippen molar-refractivity contribution < 1.29 is 9.21 Å². The van der Waals surface area contributed by atoms with E-state index >= 15 is 0 Å². The van der Waals surface area contributed by atoms with Crippen molar-refractivity contribution in [3.05, 3.63) is 27.8 Å². The molecule has 0 atom stereocenters. The largest absolute Gasteiger partial charge is 0.389 e. The molecule has 0 fully saturated rings. The van der Waals surface area contributed by atoms with Crippen LogP contribution in [0.25, 0.3) is 6.08 Å². The maximum Gasteiger partial charge on any atom is 0.351 e. The van der Waals surface area contributed by atoms with Crippen molar-refractivity contribution in [2.45, 2.75) is 6.42 Å². The number of anilines is 1. The molecule has 0 aromatic carbocycles. The van der Waals surface area contributed by atoms with Crippen LogP contribution in [0.4, 0.5) is 6.01 Å². The molecule has 1 aromatic rings. The topological polar surface area (TPSA) is 86.2 Å². The summed E-state index contributed by atoms with van der Waals surface area (Å²) in [7, 11) is 0. The van der Waals surface area contributed by atoms with Crippen molar-refractivity contribution in [1.29, 1.82) is 0 Å². The lowest BCUT2D eigenvalue weighted by atomic mass is 10.0. The van der Waals surface area contributed by atoms with Gasteiger partial charge in [-0.25, -0.2) is 4.79 Å². The molecule has 0 bridgehead atoms. The van der Waals surface area contributed by atoms with Gasteiger partial charge in [0.25, 0.3) is 6.01 Å². The first-order valence-electron chi connectivity index (χ1n) is 3.69. The van der Waals surface area contributed by atoms with Crippen molar-refractivity contribution in [3.63, 3.8) is 0 Å². The number of Topliss-reactive ketones (excluding diaryl/α,β-unsaturated/α-hetero) is 1. The maximum atomic E-state index is 11.2. The van der Waals surface area contributed by atoms with E-state index in [2.05, 4.69) is 9.40 Å². The van der Waals surface area contributed by atoms with Crippen molar-refractivity contribution in [2.75, 3.05) is 5.73 Å². The zero-order valence-corrected chi connectivity index (χ0v) is 6.61. The summed E-state index contributed by atoms with van der Waals surface area (Å²) in [5.74, 6) is -0.279. The normalized spacial score (nSPS) is 14.3. The lowest BCUT2D eigenvalue weighted by Gasteiger charge is -2.05. The van der Waals surface area contributed by atoms with Crippen LogP contribution in [0.5, 0.6) is 0 Å². The highest BCUT2D eigenvalue weighted by Crippen LogP contribution is 2.14. The number of carbonyl (C=O) groups is 1. The summed E-state index contributed by atoms with van der Waals surface area (Å²) in [5.41, 5.74) is 4.79. The molecular weight excluding hydrogens is 172 g/mol. The maximum absolute atomic E-state index is 11.2. The van der Waals surface area contributed by atoms with Crippen LogP contribution >= 0.6 is 0 Å². The highest BCUT2D eigenvalue weighted by Gasteiger charge is 2.20. The minimum atomic E-state index is -0.711. The molecule has 0 saturated heterocycles. The number of carbonyl (C=O) groups excluding carboxylic acids is 1. The smallest absolute Gasteiger partial charge is 0.351 e. The molecule has 0 spiro atoms. The lowest BCUT2D eigenvalue weighted by molar-refractivity contribution is 0.0990. The number of hydrogen-bond acceptors (Lipinski definition) is 5. The van der Waals surface area contributed by atoms with Gasteiger partial charge < -0.3 is 10.2 Å². The molecule has 0 aliphatic heterocycles. The molecule has 2 N–H and O–H groups in total. The fourth-order valence-electron chi connectivity index (χ4n) is 1.20. The quantitative estimate of drug-likeness (QED) is 0.613. The third-order valence-corrected chi connectivity index (χ3v) is 1.75. The standard InChI is InChI=1S/C8H6N2O3/c9-8-10-4-2-1-3-5(11)6(4)7(12)13-8/h1-2H,3H2,(H2,9,10). The molecule has 5 nitrogen and oxygen atoms in total. The van der Waals surface area contributed by atoms with Gasteiger partial charge in [-0.3, -0.25) is 4.79 Å². The molecule has 13 heavy (non-hydrogen) atoms. The van der Waals surface area contributed by atoms with Gasteiger partial charge in [-0.1, -0.05) is 6.08 Å². The summed E-state index contributed by atoms with van der Waals surface area (Å²) in [6, 6.07) is -0.219. The second-order valence-electron chi connectivity index (χ2n) is 2.63. The molecule has 1 aromatic heterocycles. The third-order valence-electron chi connectivity index (χ3n) is 1.75. The van der Waals surface area contributed by atoms with Crippen LogP contribution < -0.4 is 11.4 Å². The first-order valence-corrected chi connectivity index (χ1v) is 3.69. The molecule has 1 aliphatic rings. The Bertz CT molecular complexity index is 459. The number of nitrogens with two attached hydrogens (primary N) is 1. The molecular formula is C8H6N2O3. The zero-order chi connectivity index (χ0) is 9.42. The molecule has 5 heteroatoms. The average molecular weight is 178 g/mol. The van der Waals surface area contributed by atoms with Gasteiger partial charge in [-0.05, 0) is 6.08 Å². The number of fused-ring (bicyclic) bond motifs is 1. The Morgan fingerprint density at radius 1 is 1.46 bits per heavy atom. The fourth-order valence-corrected chi connectivity index (χ4v) is 1.20. The molecule has 0 amide bonds. The van der Waals surface area contributed by atoms with E-state index in [1.54, 1.807) is 12.2 Å². The second-order valence-corrected chi connectivity index (χ2v) is 2.63. The number of hydrogen-bond donors (Lipinski definition) is 1. The van der Waals surface area contributed by atoms with Crippen LogP contribution in [0.3, 0.4) is 0 Å². The predicted octanol–water partition coefficient (Wildman–Crippen LogP) is 0.217. The molecule has 0 unspecified atom stereocenters. The van der Waals surface area contributed by atoms with E-state index < -0.39 is 5.63 Å². The van der Waals surface area contributed by atoms with Crippen LogP contribution in [0.1, 0.15) is 22.5 Å². The Morgan fingerprint density at radius 3 is 3.00 bits per heavy atom. The van der Waals surface area contributed by atoms with Crippen LogP contribution in [-0.2, 0) is 0 Å². The minimum Gasteiger partial charge on any atom is -0.389 e. The van der Waals surface area contributed by atoms with Crippen LogP contribution in [0.15, 0.2) is 15.3 Å². The molecule has 66 valence electrons. The lowest BCUT2D eigenvalue weighted by Crippen LogP contribution is -2.20. The van der Waals surface area contributed by atoms with E-state index in [4.69, 9.17) is 5.73 Å². The first-order chi connectivity index (χ1) is 6.18. The average Bonchev–Trinajstić information content (AvgIpc) is 2.02. The highest BCUT2D eigenvalue weighted by atomic mass is 16.4. The Labute approximate surface area is 72.9 Å². The summed E-state index contributed by atoms with van der Waals surface area (Å²) in [4.78, 5) is 26.1. The molecule has 1 heterocycles. The van der Waals surface area contributed by atoms with Crippen molar-refractivity contribution in [3.8, 4) is 0 Å². The Morgan fingerprint density at radius 2 is 2.23 bits per heavy atom. The first kappa shape index (κ1) is 7.72. The number of rotatable bonds is 0. The number of nitrogens with zero attached hydrogens (tertiary/aromatic N) is 1. The van der Waals surface area contributed by atoms with Gasteiger partial charge in [0, 0.05) is 6.42 Å². The predicted molar refractivity (Wildman–Crippen MR) is 45.2 cm³/mol. The Kier molecular flexibility index (Phi) is 1.51. The number of nitrogen functional groups attached to an aromatic ring is 1. The molecule has 0 saturated carbocycles. The van der Waals surface area contributed by atoms with E-state index in [1.165, 1.54) is 0 Å². The Hall–Kier alpha value is -1.91. The van der Waals surface area contributed by atoms with E-state index in [0.29, 0.717) is 5.69 Å². The van der Waals surface area contributed by atoms with Crippen molar-refractivity contribution >= 4 is 17.9 Å². The summed E-state index contributed by atoms with van der Waals surface area (Å²) < 4.78 is 4.50. The van der Waals surface area contributed by atoms with Gasteiger partial charge in [0.05, 0.1) is 5.69 Å². The van der Waals surface area contributed by atoms with Gasteiger partial charge in [-0.15, -0.1) is 0 Å². The molecule has 2 rings (SSSR count).